The molecule has 2 heterocycles. The molecule has 0 fully saturated rings. The van der Waals surface area contributed by atoms with Gasteiger partial charge >= 0.3 is 11.7 Å². The Hall–Kier alpha value is -2.47. The molecule has 0 saturated heterocycles. The maximum atomic E-state index is 12.2. The zero-order valence-corrected chi connectivity index (χ0v) is 15.2. The van der Waals surface area contributed by atoms with Gasteiger partial charge in [0.1, 0.15) is 4.88 Å². The summed E-state index contributed by atoms with van der Waals surface area (Å²) in [6, 6.07) is 0. The van der Waals surface area contributed by atoms with Crippen LogP contribution in [0.3, 0.4) is 0 Å². The molecule has 136 valence electrons. The first kappa shape index (κ1) is 18.9. The van der Waals surface area contributed by atoms with Crippen LogP contribution in [0.25, 0.3) is 0 Å². The van der Waals surface area contributed by atoms with Crippen molar-refractivity contribution in [3.63, 3.8) is 0 Å². The van der Waals surface area contributed by atoms with Gasteiger partial charge in [-0.1, -0.05) is 25.2 Å². The van der Waals surface area contributed by atoms with Crippen LogP contribution in [0.1, 0.15) is 29.2 Å². The highest BCUT2D eigenvalue weighted by atomic mass is 32.2. The largest absolute Gasteiger partial charge is 0.461 e. The van der Waals surface area contributed by atoms with Crippen molar-refractivity contribution in [2.75, 3.05) is 11.3 Å². The minimum absolute atomic E-state index is 0.0976. The molecule has 2 aromatic heterocycles. The molecule has 0 aliphatic rings. The van der Waals surface area contributed by atoms with Gasteiger partial charge in [-0.3, -0.25) is 14.5 Å². The Balaban J connectivity index is 2.26. The van der Waals surface area contributed by atoms with Gasteiger partial charge in [-0.25, -0.2) is 23.0 Å². The number of aromatic amines is 2. The summed E-state index contributed by atoms with van der Waals surface area (Å²) in [6.07, 6.45) is 0.780. The van der Waals surface area contributed by atoms with Gasteiger partial charge in [-0.05, 0) is 12.8 Å². The van der Waals surface area contributed by atoms with E-state index < -0.39 is 32.1 Å². The number of sulfonamides is 1. The lowest BCUT2D eigenvalue weighted by Crippen LogP contribution is -2.29. The standard InChI is InChI=1S/C13H16N4O6S2/c1-6(2)5-23-11(19)9-7(3)15-13(24-9)17-25(21,22)8-4-14-12(20)16-10(8)18/h4,6H,5H2,1-3H3,(H,15,17)(H2,14,16,18,20). The molecule has 0 aromatic carbocycles. The Morgan fingerprint density at radius 1 is 1.40 bits per heavy atom. The molecule has 10 nitrogen and oxygen atoms in total. The molecule has 0 bridgehead atoms. The number of H-pyrrole nitrogens is 2. The van der Waals surface area contributed by atoms with Crippen LogP contribution in [0.15, 0.2) is 20.7 Å². The molecule has 3 N–H and O–H groups in total. The monoisotopic (exact) mass is 388 g/mol. The van der Waals surface area contributed by atoms with Gasteiger partial charge in [-0.15, -0.1) is 0 Å². The molecule has 2 aromatic rings. The Morgan fingerprint density at radius 2 is 2.08 bits per heavy atom. The highest BCUT2D eigenvalue weighted by Gasteiger charge is 2.23. The van der Waals surface area contributed by atoms with E-state index in [-0.39, 0.29) is 22.5 Å². The summed E-state index contributed by atoms with van der Waals surface area (Å²) in [5, 5.41) is -0.0976. The van der Waals surface area contributed by atoms with Gasteiger partial charge < -0.3 is 9.72 Å². The number of carbonyl (C=O) groups excluding carboxylic acids is 1. The summed E-state index contributed by atoms with van der Waals surface area (Å²) >= 11 is 0.790. The second-order valence-corrected chi connectivity index (χ2v) is 8.12. The Labute approximate surface area is 146 Å². The number of anilines is 1. The number of thiazole rings is 1. The van der Waals surface area contributed by atoms with Crippen LogP contribution in [-0.4, -0.2) is 35.9 Å². The average molecular weight is 388 g/mol. The molecule has 0 unspecified atom stereocenters. The number of aromatic nitrogens is 3. The van der Waals surface area contributed by atoms with E-state index in [2.05, 4.69) is 14.7 Å². The Morgan fingerprint density at radius 3 is 2.68 bits per heavy atom. The van der Waals surface area contributed by atoms with E-state index in [1.165, 1.54) is 6.92 Å². The van der Waals surface area contributed by atoms with Gasteiger partial charge in [0.2, 0.25) is 0 Å². The maximum absolute atomic E-state index is 12.2. The van der Waals surface area contributed by atoms with Crippen molar-refractivity contribution in [1.82, 2.24) is 15.0 Å². The molecule has 0 saturated carbocycles. The lowest BCUT2D eigenvalue weighted by atomic mass is 10.2. The number of aryl methyl sites for hydroxylation is 1. The third-order valence-electron chi connectivity index (χ3n) is 2.83. The van der Waals surface area contributed by atoms with E-state index >= 15 is 0 Å². The van der Waals surface area contributed by atoms with Gasteiger partial charge in [-0.2, -0.15) is 0 Å². The van der Waals surface area contributed by atoms with Crippen LogP contribution >= 0.6 is 11.3 Å². The molecule has 0 atom stereocenters. The molecule has 0 aliphatic heterocycles. The number of carbonyl (C=O) groups is 1. The third kappa shape index (κ3) is 4.54. The van der Waals surface area contributed by atoms with Crippen LogP contribution in [0, 0.1) is 12.8 Å². The fourth-order valence-corrected chi connectivity index (χ4v) is 3.81. The minimum atomic E-state index is -4.28. The van der Waals surface area contributed by atoms with Crippen molar-refractivity contribution in [2.45, 2.75) is 25.7 Å². The fourth-order valence-electron chi connectivity index (χ4n) is 1.70. The molecule has 0 aliphatic carbocycles. The number of ether oxygens (including phenoxy) is 1. The molecule has 2 rings (SSSR count). The molecule has 0 amide bonds. The lowest BCUT2D eigenvalue weighted by Gasteiger charge is -2.05. The Bertz CT molecular complexity index is 1000. The normalized spacial score (nSPS) is 11.5. The van der Waals surface area contributed by atoms with Crippen LogP contribution in [0.5, 0.6) is 0 Å². The second-order valence-electron chi connectivity index (χ2n) is 5.47. The molecular formula is C13H16N4O6S2. The number of nitrogens with zero attached hydrogens (tertiary/aromatic N) is 1. The van der Waals surface area contributed by atoms with Crippen LogP contribution in [-0.2, 0) is 14.8 Å². The van der Waals surface area contributed by atoms with Gasteiger partial charge in [0, 0.05) is 6.20 Å². The highest BCUT2D eigenvalue weighted by molar-refractivity contribution is 7.93. The van der Waals surface area contributed by atoms with Crippen LogP contribution in [0.2, 0.25) is 0 Å². The van der Waals surface area contributed by atoms with E-state index in [9.17, 15) is 22.8 Å². The first-order valence-corrected chi connectivity index (χ1v) is 9.39. The smallest absolute Gasteiger partial charge is 0.350 e. The minimum Gasteiger partial charge on any atom is -0.461 e. The van der Waals surface area contributed by atoms with Crippen molar-refractivity contribution in [2.24, 2.45) is 5.92 Å². The zero-order chi connectivity index (χ0) is 18.8. The van der Waals surface area contributed by atoms with E-state index in [1.807, 2.05) is 18.8 Å². The van der Waals surface area contributed by atoms with Gasteiger partial charge in [0.25, 0.3) is 15.6 Å². The fraction of sp³-hybridized carbons (Fsp3) is 0.385. The summed E-state index contributed by atoms with van der Waals surface area (Å²) < 4.78 is 31.7. The SMILES string of the molecule is Cc1nc(NS(=O)(=O)c2c[nH]c(=O)[nH]c2=O)sc1C(=O)OCC(C)C. The Kier molecular flexibility index (Phi) is 5.42. The number of nitrogens with one attached hydrogen (secondary N) is 3. The van der Waals surface area contributed by atoms with E-state index in [1.54, 1.807) is 0 Å². The highest BCUT2D eigenvalue weighted by Crippen LogP contribution is 2.25. The van der Waals surface area contributed by atoms with Crippen molar-refractivity contribution >= 4 is 32.5 Å². The summed E-state index contributed by atoms with van der Waals surface area (Å²) in [6.45, 7) is 5.53. The average Bonchev–Trinajstić information content (AvgIpc) is 2.84. The van der Waals surface area contributed by atoms with E-state index in [4.69, 9.17) is 4.74 Å². The van der Waals surface area contributed by atoms with Crippen LogP contribution in [0.4, 0.5) is 5.13 Å². The van der Waals surface area contributed by atoms with E-state index in [0.29, 0.717) is 5.69 Å². The van der Waals surface area contributed by atoms with Crippen molar-refractivity contribution in [1.29, 1.82) is 0 Å². The molecule has 25 heavy (non-hydrogen) atoms. The van der Waals surface area contributed by atoms with Gasteiger partial charge in [0.05, 0.1) is 12.3 Å². The van der Waals surface area contributed by atoms with Gasteiger partial charge in [0.15, 0.2) is 10.0 Å². The molecule has 0 radical (unpaired) electrons. The lowest BCUT2D eigenvalue weighted by molar-refractivity contribution is 0.0463. The zero-order valence-electron chi connectivity index (χ0n) is 13.6. The summed E-state index contributed by atoms with van der Waals surface area (Å²) in [4.78, 5) is 41.9. The van der Waals surface area contributed by atoms with Crippen LogP contribution < -0.4 is 16.0 Å². The molecular weight excluding hydrogens is 372 g/mol. The maximum Gasteiger partial charge on any atom is 0.350 e. The first-order chi connectivity index (χ1) is 11.6. The van der Waals surface area contributed by atoms with E-state index in [0.717, 1.165) is 17.5 Å². The quantitative estimate of drug-likeness (QED) is 0.607. The second kappa shape index (κ2) is 7.19. The number of hydrogen-bond acceptors (Lipinski definition) is 8. The van der Waals surface area contributed by atoms with Crippen molar-refractivity contribution < 1.29 is 17.9 Å². The molecule has 12 heteroatoms. The summed E-state index contributed by atoms with van der Waals surface area (Å²) in [5.74, 6) is -0.446. The number of rotatable bonds is 6. The molecule has 0 spiro atoms. The third-order valence-corrected chi connectivity index (χ3v) is 5.35. The topological polar surface area (TPSA) is 151 Å². The predicted molar refractivity (Wildman–Crippen MR) is 90.5 cm³/mol. The number of hydrogen-bond donors (Lipinski definition) is 3. The predicted octanol–water partition coefficient (Wildman–Crippen LogP) is 0.442. The first-order valence-electron chi connectivity index (χ1n) is 7.09. The van der Waals surface area contributed by atoms with Crippen molar-refractivity contribution in [3.8, 4) is 0 Å². The summed E-state index contributed by atoms with van der Waals surface area (Å²) in [5.41, 5.74) is -1.60. The summed E-state index contributed by atoms with van der Waals surface area (Å²) in [7, 11) is -4.28. The van der Waals surface area contributed by atoms with Crippen molar-refractivity contribution in [3.05, 3.63) is 37.6 Å². The number of esters is 1.